The number of carbonyl (C=O) groups excluding carboxylic acids is 1. The Balaban J connectivity index is 2.06. The van der Waals surface area contributed by atoms with Crippen molar-refractivity contribution in [1.82, 2.24) is 15.2 Å². The van der Waals surface area contributed by atoms with Crippen molar-refractivity contribution in [2.75, 3.05) is 5.75 Å². The number of ketones is 1. The molecule has 0 unspecified atom stereocenters. The minimum Gasteiger partial charge on any atom is -0.293 e. The van der Waals surface area contributed by atoms with E-state index in [0.29, 0.717) is 6.07 Å². The van der Waals surface area contributed by atoms with Gasteiger partial charge in [0.1, 0.15) is 11.6 Å². The minimum atomic E-state index is -0.906. The van der Waals surface area contributed by atoms with Crippen LogP contribution in [0.15, 0.2) is 28.2 Å². The van der Waals surface area contributed by atoms with Crippen LogP contribution < -0.4 is 5.69 Å². The Morgan fingerprint density at radius 1 is 1.39 bits per heavy atom. The molecule has 0 saturated heterocycles. The Hall–Kier alpha value is -1.96. The fraction of sp³-hybridized carbons (Fsp3) is 0.100. The molecule has 1 aromatic carbocycles. The molecule has 0 amide bonds. The largest absolute Gasteiger partial charge is 0.341 e. The lowest BCUT2D eigenvalue weighted by atomic mass is 10.1. The second-order valence-electron chi connectivity index (χ2n) is 3.32. The van der Waals surface area contributed by atoms with Gasteiger partial charge in [0.15, 0.2) is 10.9 Å². The number of aromatic amines is 2. The smallest absolute Gasteiger partial charge is 0.293 e. The van der Waals surface area contributed by atoms with Crippen LogP contribution in [0.5, 0.6) is 0 Å². The summed E-state index contributed by atoms with van der Waals surface area (Å²) in [5.74, 6) is -2.27. The van der Waals surface area contributed by atoms with Gasteiger partial charge in [-0.1, -0.05) is 11.8 Å². The highest BCUT2D eigenvalue weighted by atomic mass is 32.2. The molecule has 0 spiro atoms. The Morgan fingerprint density at radius 2 is 2.17 bits per heavy atom. The molecule has 0 radical (unpaired) electrons. The molecule has 94 valence electrons. The normalized spacial score (nSPS) is 10.6. The number of hydrogen-bond donors (Lipinski definition) is 2. The van der Waals surface area contributed by atoms with E-state index in [1.165, 1.54) is 0 Å². The highest BCUT2D eigenvalue weighted by Crippen LogP contribution is 2.16. The van der Waals surface area contributed by atoms with Crippen molar-refractivity contribution in [3.63, 3.8) is 0 Å². The lowest BCUT2D eigenvalue weighted by molar-refractivity contribution is 0.101. The minimum absolute atomic E-state index is 0.108. The van der Waals surface area contributed by atoms with Crippen LogP contribution in [0.4, 0.5) is 8.78 Å². The van der Waals surface area contributed by atoms with E-state index >= 15 is 0 Å². The molecule has 2 rings (SSSR count). The third kappa shape index (κ3) is 2.83. The van der Waals surface area contributed by atoms with Gasteiger partial charge >= 0.3 is 5.69 Å². The van der Waals surface area contributed by atoms with Gasteiger partial charge in [0, 0.05) is 6.07 Å². The summed E-state index contributed by atoms with van der Waals surface area (Å²) in [6.07, 6.45) is 0. The highest BCUT2D eigenvalue weighted by molar-refractivity contribution is 7.99. The summed E-state index contributed by atoms with van der Waals surface area (Å²) in [7, 11) is 0. The van der Waals surface area contributed by atoms with Crippen LogP contribution in [0.2, 0.25) is 0 Å². The first-order chi connectivity index (χ1) is 8.56. The van der Waals surface area contributed by atoms with Crippen LogP contribution in [0.25, 0.3) is 0 Å². The first-order valence-electron chi connectivity index (χ1n) is 4.82. The van der Waals surface area contributed by atoms with E-state index in [0.717, 1.165) is 23.9 Å². The van der Waals surface area contributed by atoms with Crippen LogP contribution >= 0.6 is 11.8 Å². The topological polar surface area (TPSA) is 78.6 Å². The monoisotopic (exact) mass is 271 g/mol. The van der Waals surface area contributed by atoms with Crippen LogP contribution in [-0.4, -0.2) is 26.7 Å². The molecule has 1 aromatic heterocycles. The zero-order valence-corrected chi connectivity index (χ0v) is 9.68. The SMILES string of the molecule is O=C(CSc1n[nH]c(=O)[nH]1)c1ccc(F)cc1F. The fourth-order valence-electron chi connectivity index (χ4n) is 1.25. The standard InChI is InChI=1S/C10H7F2N3O2S/c11-5-1-2-6(7(12)3-5)8(16)4-18-10-13-9(17)14-15-10/h1-3H,4H2,(H2,13,14,15,17). The predicted octanol–water partition coefficient (Wildman–Crippen LogP) is 1.35. The van der Waals surface area contributed by atoms with Gasteiger partial charge in [0.25, 0.3) is 0 Å². The Bertz CT molecular complexity index is 638. The van der Waals surface area contributed by atoms with E-state index in [4.69, 9.17) is 0 Å². The summed E-state index contributed by atoms with van der Waals surface area (Å²) in [6.45, 7) is 0. The summed E-state index contributed by atoms with van der Waals surface area (Å²) in [5, 5.41) is 5.95. The van der Waals surface area contributed by atoms with E-state index in [-0.39, 0.29) is 16.5 Å². The van der Waals surface area contributed by atoms with Crippen molar-refractivity contribution < 1.29 is 13.6 Å². The summed E-state index contributed by atoms with van der Waals surface area (Å²) in [5.41, 5.74) is -0.681. The van der Waals surface area contributed by atoms with Gasteiger partial charge in [-0.05, 0) is 12.1 Å². The van der Waals surface area contributed by atoms with Crippen LogP contribution in [0.1, 0.15) is 10.4 Å². The molecule has 0 saturated carbocycles. The number of benzene rings is 1. The maximum absolute atomic E-state index is 13.3. The molecule has 0 fully saturated rings. The van der Waals surface area contributed by atoms with Crippen LogP contribution in [0, 0.1) is 11.6 Å². The number of nitrogens with zero attached hydrogens (tertiary/aromatic N) is 1. The fourth-order valence-corrected chi connectivity index (χ4v) is 1.95. The molecule has 18 heavy (non-hydrogen) atoms. The van der Waals surface area contributed by atoms with Gasteiger partial charge in [-0.2, -0.15) is 0 Å². The predicted molar refractivity (Wildman–Crippen MR) is 60.6 cm³/mol. The average molecular weight is 271 g/mol. The van der Waals surface area contributed by atoms with Crippen LogP contribution in [0.3, 0.4) is 0 Å². The molecule has 0 atom stereocenters. The number of aromatic nitrogens is 3. The summed E-state index contributed by atoms with van der Waals surface area (Å²) < 4.78 is 25.9. The molecular formula is C10H7F2N3O2S. The number of hydrogen-bond acceptors (Lipinski definition) is 4. The van der Waals surface area contributed by atoms with Crippen molar-refractivity contribution in [3.8, 4) is 0 Å². The van der Waals surface area contributed by atoms with Crippen molar-refractivity contribution in [2.45, 2.75) is 5.16 Å². The molecule has 5 nitrogen and oxygen atoms in total. The summed E-state index contributed by atoms with van der Waals surface area (Å²) >= 11 is 0.949. The molecule has 0 aliphatic heterocycles. The van der Waals surface area contributed by atoms with Gasteiger partial charge in [-0.15, -0.1) is 5.10 Å². The van der Waals surface area contributed by atoms with E-state index in [1.54, 1.807) is 0 Å². The summed E-state index contributed by atoms with van der Waals surface area (Å²) in [4.78, 5) is 24.7. The number of Topliss-reactive ketones (excluding diaryl/α,β-unsaturated/α-hetero) is 1. The molecule has 0 aliphatic rings. The summed E-state index contributed by atoms with van der Waals surface area (Å²) in [6, 6.07) is 2.74. The number of thioether (sulfide) groups is 1. The van der Waals surface area contributed by atoms with E-state index < -0.39 is 23.1 Å². The molecule has 0 bridgehead atoms. The maximum atomic E-state index is 13.3. The van der Waals surface area contributed by atoms with Crippen molar-refractivity contribution in [1.29, 1.82) is 0 Å². The quantitative estimate of drug-likeness (QED) is 0.650. The molecule has 0 aliphatic carbocycles. The molecular weight excluding hydrogens is 264 g/mol. The van der Waals surface area contributed by atoms with E-state index in [2.05, 4.69) is 15.2 Å². The third-order valence-electron chi connectivity index (χ3n) is 2.05. The zero-order valence-electron chi connectivity index (χ0n) is 8.87. The van der Waals surface area contributed by atoms with Gasteiger partial charge in [-0.3, -0.25) is 9.78 Å². The number of rotatable bonds is 4. The first-order valence-corrected chi connectivity index (χ1v) is 5.80. The lowest BCUT2D eigenvalue weighted by Gasteiger charge is -2.01. The van der Waals surface area contributed by atoms with Crippen molar-refractivity contribution in [2.24, 2.45) is 0 Å². The van der Waals surface area contributed by atoms with Gasteiger partial charge in [0.2, 0.25) is 0 Å². The second-order valence-corrected chi connectivity index (χ2v) is 4.28. The van der Waals surface area contributed by atoms with Crippen molar-refractivity contribution >= 4 is 17.5 Å². The Morgan fingerprint density at radius 3 is 2.78 bits per heavy atom. The third-order valence-corrected chi connectivity index (χ3v) is 2.92. The second kappa shape index (κ2) is 5.13. The zero-order chi connectivity index (χ0) is 13.1. The average Bonchev–Trinajstić information content (AvgIpc) is 2.72. The lowest BCUT2D eigenvalue weighted by Crippen LogP contribution is -2.06. The van der Waals surface area contributed by atoms with E-state index in [9.17, 15) is 18.4 Å². The van der Waals surface area contributed by atoms with Crippen molar-refractivity contribution in [3.05, 3.63) is 45.9 Å². The molecule has 2 N–H and O–H groups in total. The van der Waals surface area contributed by atoms with Crippen LogP contribution in [-0.2, 0) is 0 Å². The number of H-pyrrole nitrogens is 2. The highest BCUT2D eigenvalue weighted by Gasteiger charge is 2.13. The Kier molecular flexibility index (Phi) is 3.56. The van der Waals surface area contributed by atoms with E-state index in [1.807, 2.05) is 0 Å². The maximum Gasteiger partial charge on any atom is 0.341 e. The number of halogens is 2. The van der Waals surface area contributed by atoms with Gasteiger partial charge < -0.3 is 0 Å². The number of nitrogens with one attached hydrogen (secondary N) is 2. The first kappa shape index (κ1) is 12.5. The van der Waals surface area contributed by atoms with Gasteiger partial charge in [0.05, 0.1) is 11.3 Å². The Labute approximate surface area is 104 Å². The number of carbonyl (C=O) groups is 1. The molecule has 2 aromatic rings. The molecule has 8 heteroatoms. The van der Waals surface area contributed by atoms with Gasteiger partial charge in [-0.25, -0.2) is 18.7 Å². The molecule has 1 heterocycles.